The highest BCUT2D eigenvalue weighted by Gasteiger charge is 2.20. The van der Waals surface area contributed by atoms with Crippen molar-refractivity contribution in [2.45, 2.75) is 19.3 Å². The number of hydrogen-bond donors (Lipinski definition) is 2. The van der Waals surface area contributed by atoms with E-state index in [1.807, 2.05) is 6.07 Å². The molecule has 0 bridgehead atoms. The number of halogens is 1. The maximum atomic E-state index is 5.45. The maximum Gasteiger partial charge on any atom is 0.133 e. The lowest BCUT2D eigenvalue weighted by atomic mass is 9.84. The third-order valence-corrected chi connectivity index (χ3v) is 3.26. The molecule has 0 heterocycles. The van der Waals surface area contributed by atoms with Gasteiger partial charge >= 0.3 is 0 Å². The second-order valence-corrected chi connectivity index (χ2v) is 5.22. The fourth-order valence-electron chi connectivity index (χ4n) is 1.57. The fourth-order valence-corrected chi connectivity index (χ4v) is 2.11. The van der Waals surface area contributed by atoms with Crippen LogP contribution in [0.4, 0.5) is 0 Å². The van der Waals surface area contributed by atoms with Crippen LogP contribution >= 0.6 is 15.9 Å². The zero-order chi connectivity index (χ0) is 12.2. The monoisotopic (exact) mass is 286 g/mol. The van der Waals surface area contributed by atoms with Crippen LogP contribution < -0.4 is 15.8 Å². The normalized spacial score (nSPS) is 11.6. The first-order valence-electron chi connectivity index (χ1n) is 5.26. The third kappa shape index (κ3) is 3.20. The van der Waals surface area contributed by atoms with Gasteiger partial charge in [0.25, 0.3) is 0 Å². The molecule has 3 N–H and O–H groups in total. The summed E-state index contributed by atoms with van der Waals surface area (Å²) >= 11 is 3.50. The predicted octanol–water partition coefficient (Wildman–Crippen LogP) is 2.24. The summed E-state index contributed by atoms with van der Waals surface area (Å²) in [5.74, 6) is 0.853. The standard InChI is InChI=1S/C12H19BrN2O/c1-12(2,7-15-8-14)9-4-5-11(16-3)10(13)6-9/h4-6,15H,7-8,14H2,1-3H3. The van der Waals surface area contributed by atoms with Crippen molar-refractivity contribution >= 4 is 15.9 Å². The molecule has 0 aliphatic carbocycles. The number of hydrogen-bond acceptors (Lipinski definition) is 3. The summed E-state index contributed by atoms with van der Waals surface area (Å²) in [5.41, 5.74) is 6.75. The Balaban J connectivity index is 2.91. The highest BCUT2D eigenvalue weighted by molar-refractivity contribution is 9.10. The van der Waals surface area contributed by atoms with Gasteiger partial charge in [0.15, 0.2) is 0 Å². The number of ether oxygens (including phenoxy) is 1. The SMILES string of the molecule is COc1ccc(C(C)(C)CNCN)cc1Br. The quantitative estimate of drug-likeness (QED) is 0.816. The van der Waals surface area contributed by atoms with Gasteiger partial charge in [0, 0.05) is 18.6 Å². The number of rotatable bonds is 5. The van der Waals surface area contributed by atoms with Gasteiger partial charge in [-0.15, -0.1) is 0 Å². The van der Waals surface area contributed by atoms with Gasteiger partial charge in [-0.1, -0.05) is 19.9 Å². The topological polar surface area (TPSA) is 47.3 Å². The molecule has 0 saturated carbocycles. The van der Waals surface area contributed by atoms with E-state index in [0.29, 0.717) is 6.67 Å². The van der Waals surface area contributed by atoms with E-state index >= 15 is 0 Å². The van der Waals surface area contributed by atoms with Crippen molar-refractivity contribution < 1.29 is 4.74 Å². The summed E-state index contributed by atoms with van der Waals surface area (Å²) in [7, 11) is 1.67. The number of methoxy groups -OCH3 is 1. The molecule has 1 aromatic carbocycles. The minimum absolute atomic E-state index is 0.0498. The Kier molecular flexibility index (Phi) is 4.77. The van der Waals surface area contributed by atoms with Gasteiger partial charge in [0.1, 0.15) is 5.75 Å². The Morgan fingerprint density at radius 1 is 1.44 bits per heavy atom. The van der Waals surface area contributed by atoms with E-state index in [2.05, 4.69) is 47.2 Å². The second kappa shape index (κ2) is 5.66. The largest absolute Gasteiger partial charge is 0.496 e. The Labute approximate surface area is 105 Å². The van der Waals surface area contributed by atoms with Crippen molar-refractivity contribution in [1.82, 2.24) is 5.32 Å². The van der Waals surface area contributed by atoms with Crippen LogP contribution in [0.3, 0.4) is 0 Å². The van der Waals surface area contributed by atoms with Crippen molar-refractivity contribution in [3.63, 3.8) is 0 Å². The lowest BCUT2D eigenvalue weighted by Gasteiger charge is -2.26. The van der Waals surface area contributed by atoms with E-state index in [1.165, 1.54) is 5.56 Å². The van der Waals surface area contributed by atoms with Crippen molar-refractivity contribution in [2.24, 2.45) is 5.73 Å². The van der Waals surface area contributed by atoms with E-state index < -0.39 is 0 Å². The van der Waals surface area contributed by atoms with Crippen LogP contribution in [0.25, 0.3) is 0 Å². The van der Waals surface area contributed by atoms with Crippen LogP contribution in [0.15, 0.2) is 22.7 Å². The Bertz CT molecular complexity index is 353. The molecule has 0 amide bonds. The Hall–Kier alpha value is -0.580. The first-order chi connectivity index (χ1) is 7.51. The zero-order valence-electron chi connectivity index (χ0n) is 10.0. The zero-order valence-corrected chi connectivity index (χ0v) is 11.6. The van der Waals surface area contributed by atoms with Gasteiger partial charge in [-0.2, -0.15) is 0 Å². The highest BCUT2D eigenvalue weighted by atomic mass is 79.9. The van der Waals surface area contributed by atoms with Crippen LogP contribution in [0.1, 0.15) is 19.4 Å². The Morgan fingerprint density at radius 2 is 2.12 bits per heavy atom. The van der Waals surface area contributed by atoms with E-state index in [1.54, 1.807) is 7.11 Å². The summed E-state index contributed by atoms with van der Waals surface area (Å²) in [4.78, 5) is 0. The Morgan fingerprint density at radius 3 is 2.62 bits per heavy atom. The van der Waals surface area contributed by atoms with E-state index in [4.69, 9.17) is 10.5 Å². The molecule has 0 radical (unpaired) electrons. The van der Waals surface area contributed by atoms with Crippen LogP contribution in [0.2, 0.25) is 0 Å². The average Bonchev–Trinajstić information content (AvgIpc) is 2.26. The molecular formula is C12H19BrN2O. The molecule has 90 valence electrons. The molecule has 1 rings (SSSR count). The number of nitrogens with two attached hydrogens (primary N) is 1. The van der Waals surface area contributed by atoms with Gasteiger partial charge < -0.3 is 15.8 Å². The van der Waals surface area contributed by atoms with Gasteiger partial charge in [0.2, 0.25) is 0 Å². The molecule has 0 aromatic heterocycles. The first-order valence-corrected chi connectivity index (χ1v) is 6.05. The van der Waals surface area contributed by atoms with Crippen molar-refractivity contribution in [1.29, 1.82) is 0 Å². The molecule has 1 aromatic rings. The predicted molar refractivity (Wildman–Crippen MR) is 70.8 cm³/mol. The lowest BCUT2D eigenvalue weighted by molar-refractivity contribution is 0.410. The van der Waals surface area contributed by atoms with Crippen LogP contribution in [-0.2, 0) is 5.41 Å². The summed E-state index contributed by atoms with van der Waals surface area (Å²) < 4.78 is 6.19. The molecule has 0 aliphatic heterocycles. The molecule has 4 heteroatoms. The summed E-state index contributed by atoms with van der Waals surface area (Å²) in [6.45, 7) is 5.72. The molecule has 3 nitrogen and oxygen atoms in total. The van der Waals surface area contributed by atoms with Crippen LogP contribution in [0.5, 0.6) is 5.75 Å². The molecule has 0 unspecified atom stereocenters. The first kappa shape index (κ1) is 13.5. The highest BCUT2D eigenvalue weighted by Crippen LogP contribution is 2.31. The summed E-state index contributed by atoms with van der Waals surface area (Å²) in [5, 5.41) is 3.17. The van der Waals surface area contributed by atoms with E-state index in [9.17, 15) is 0 Å². The smallest absolute Gasteiger partial charge is 0.133 e. The summed E-state index contributed by atoms with van der Waals surface area (Å²) in [6, 6.07) is 6.16. The number of benzene rings is 1. The van der Waals surface area contributed by atoms with E-state index in [-0.39, 0.29) is 5.41 Å². The van der Waals surface area contributed by atoms with Gasteiger partial charge in [0.05, 0.1) is 11.6 Å². The van der Waals surface area contributed by atoms with Gasteiger partial charge in [-0.05, 0) is 33.6 Å². The minimum Gasteiger partial charge on any atom is -0.496 e. The van der Waals surface area contributed by atoms with Crippen molar-refractivity contribution in [2.75, 3.05) is 20.3 Å². The van der Waals surface area contributed by atoms with Crippen LogP contribution in [0, 0.1) is 0 Å². The average molecular weight is 287 g/mol. The van der Waals surface area contributed by atoms with Gasteiger partial charge in [-0.3, -0.25) is 0 Å². The molecule has 0 atom stereocenters. The molecule has 0 fully saturated rings. The molecule has 0 saturated heterocycles. The fraction of sp³-hybridized carbons (Fsp3) is 0.500. The maximum absolute atomic E-state index is 5.45. The second-order valence-electron chi connectivity index (χ2n) is 4.36. The van der Waals surface area contributed by atoms with E-state index in [0.717, 1.165) is 16.8 Å². The molecular weight excluding hydrogens is 268 g/mol. The molecule has 16 heavy (non-hydrogen) atoms. The number of nitrogens with one attached hydrogen (secondary N) is 1. The summed E-state index contributed by atoms with van der Waals surface area (Å²) in [6.07, 6.45) is 0. The lowest BCUT2D eigenvalue weighted by Crippen LogP contribution is -2.35. The molecule has 0 spiro atoms. The molecule has 0 aliphatic rings. The third-order valence-electron chi connectivity index (χ3n) is 2.64. The van der Waals surface area contributed by atoms with Crippen molar-refractivity contribution in [3.8, 4) is 5.75 Å². The minimum atomic E-state index is 0.0498. The van der Waals surface area contributed by atoms with Gasteiger partial charge in [-0.25, -0.2) is 0 Å². The van der Waals surface area contributed by atoms with Crippen molar-refractivity contribution in [3.05, 3.63) is 28.2 Å². The van der Waals surface area contributed by atoms with Crippen LogP contribution in [-0.4, -0.2) is 20.3 Å².